The van der Waals surface area contributed by atoms with E-state index in [1.807, 2.05) is 42.5 Å². The summed E-state index contributed by atoms with van der Waals surface area (Å²) < 4.78 is 12.4. The molecule has 0 saturated carbocycles. The van der Waals surface area contributed by atoms with Crippen molar-refractivity contribution in [1.29, 1.82) is 0 Å². The minimum atomic E-state index is -0.649. The van der Waals surface area contributed by atoms with Crippen molar-refractivity contribution in [2.45, 2.75) is 12.5 Å². The van der Waals surface area contributed by atoms with Gasteiger partial charge in [-0.05, 0) is 58.0 Å². The van der Waals surface area contributed by atoms with Crippen LogP contribution in [0.3, 0.4) is 0 Å². The molecule has 0 fully saturated rings. The van der Waals surface area contributed by atoms with E-state index in [1.165, 1.54) is 0 Å². The molecule has 0 spiro atoms. The Morgan fingerprint density at radius 3 is 2.30 bits per heavy atom. The highest BCUT2D eigenvalue weighted by molar-refractivity contribution is 14.1. The topological polar surface area (TPSA) is 38.7 Å². The molecule has 3 nitrogen and oxygen atoms in total. The van der Waals surface area contributed by atoms with Gasteiger partial charge in [0.2, 0.25) is 0 Å². The van der Waals surface area contributed by atoms with E-state index in [1.54, 1.807) is 0 Å². The van der Waals surface area contributed by atoms with E-state index in [4.69, 9.17) is 9.47 Å². The Morgan fingerprint density at radius 1 is 0.900 bits per heavy atom. The first kappa shape index (κ1) is 13.7. The fourth-order valence-corrected chi connectivity index (χ4v) is 2.55. The minimum Gasteiger partial charge on any atom is -0.490 e. The van der Waals surface area contributed by atoms with Crippen LogP contribution in [0.15, 0.2) is 42.5 Å². The number of ether oxygens (including phenoxy) is 2. The van der Waals surface area contributed by atoms with E-state index in [9.17, 15) is 5.11 Å². The maximum atomic E-state index is 10.5. The Labute approximate surface area is 131 Å². The van der Waals surface area contributed by atoms with E-state index in [2.05, 4.69) is 22.6 Å². The number of halogens is 1. The normalized spacial score (nSPS) is 15.5. The molecule has 4 heteroatoms. The van der Waals surface area contributed by atoms with Gasteiger partial charge < -0.3 is 14.6 Å². The molecule has 2 aromatic carbocycles. The second kappa shape index (κ2) is 6.01. The highest BCUT2D eigenvalue weighted by atomic mass is 127. The van der Waals surface area contributed by atoms with Crippen molar-refractivity contribution in [3.63, 3.8) is 0 Å². The van der Waals surface area contributed by atoms with E-state index in [-0.39, 0.29) is 0 Å². The molecule has 1 N–H and O–H groups in total. The molecule has 104 valence electrons. The van der Waals surface area contributed by atoms with Crippen LogP contribution >= 0.6 is 22.6 Å². The number of hydrogen-bond acceptors (Lipinski definition) is 3. The highest BCUT2D eigenvalue weighted by Gasteiger charge is 2.15. The minimum absolute atomic E-state index is 0.649. The van der Waals surface area contributed by atoms with Crippen LogP contribution in [-0.2, 0) is 0 Å². The lowest BCUT2D eigenvalue weighted by atomic mass is 10.0. The van der Waals surface area contributed by atoms with E-state index in [0.717, 1.165) is 26.9 Å². The molecular formula is C16H15IO3. The summed E-state index contributed by atoms with van der Waals surface area (Å²) in [6.45, 7) is 1.32. The van der Waals surface area contributed by atoms with E-state index in [0.29, 0.717) is 19.0 Å². The molecule has 0 saturated heterocycles. The van der Waals surface area contributed by atoms with Gasteiger partial charge in [-0.3, -0.25) is 0 Å². The van der Waals surface area contributed by atoms with Gasteiger partial charge in [-0.1, -0.05) is 18.2 Å². The van der Waals surface area contributed by atoms with Gasteiger partial charge in [0, 0.05) is 9.99 Å². The monoisotopic (exact) mass is 382 g/mol. The smallest absolute Gasteiger partial charge is 0.161 e. The largest absolute Gasteiger partial charge is 0.490 e. The number of fused-ring (bicyclic) bond motifs is 1. The Bertz CT molecular complexity index is 595. The molecular weight excluding hydrogens is 367 g/mol. The van der Waals surface area contributed by atoms with Crippen molar-refractivity contribution >= 4 is 22.6 Å². The van der Waals surface area contributed by atoms with Crippen molar-refractivity contribution in [2.75, 3.05) is 13.2 Å². The van der Waals surface area contributed by atoms with Crippen LogP contribution < -0.4 is 9.47 Å². The molecule has 1 heterocycles. The van der Waals surface area contributed by atoms with Crippen LogP contribution in [0.4, 0.5) is 0 Å². The number of hydrogen-bond donors (Lipinski definition) is 1. The third-order valence-electron chi connectivity index (χ3n) is 3.27. The summed E-state index contributed by atoms with van der Waals surface area (Å²) in [6.07, 6.45) is 0.230. The van der Waals surface area contributed by atoms with Gasteiger partial charge in [-0.2, -0.15) is 0 Å². The quantitative estimate of drug-likeness (QED) is 0.808. The van der Waals surface area contributed by atoms with Gasteiger partial charge in [0.05, 0.1) is 13.2 Å². The van der Waals surface area contributed by atoms with Crippen LogP contribution in [0.1, 0.15) is 23.7 Å². The molecule has 1 unspecified atom stereocenters. The molecule has 0 radical (unpaired) electrons. The number of aliphatic hydroxyl groups excluding tert-OH is 1. The summed E-state index contributed by atoms with van der Waals surface area (Å²) >= 11 is 2.25. The summed E-state index contributed by atoms with van der Waals surface area (Å²) in [6, 6.07) is 13.5. The van der Waals surface area contributed by atoms with Crippen LogP contribution in [0.5, 0.6) is 11.5 Å². The van der Waals surface area contributed by atoms with Crippen LogP contribution in [0.2, 0.25) is 0 Å². The van der Waals surface area contributed by atoms with Crippen molar-refractivity contribution in [3.05, 3.63) is 57.2 Å². The van der Waals surface area contributed by atoms with Crippen LogP contribution in [0, 0.1) is 3.57 Å². The van der Waals surface area contributed by atoms with Crippen molar-refractivity contribution in [2.24, 2.45) is 0 Å². The van der Waals surface area contributed by atoms with E-state index >= 15 is 0 Å². The molecule has 1 atom stereocenters. The van der Waals surface area contributed by atoms with Crippen molar-refractivity contribution in [1.82, 2.24) is 0 Å². The molecule has 1 aliphatic heterocycles. The first-order chi connectivity index (χ1) is 9.74. The molecule has 0 aromatic heterocycles. The summed E-state index contributed by atoms with van der Waals surface area (Å²) in [7, 11) is 0. The average Bonchev–Trinajstić information content (AvgIpc) is 2.71. The maximum absolute atomic E-state index is 10.5. The fraction of sp³-hybridized carbons (Fsp3) is 0.250. The Kier molecular flexibility index (Phi) is 4.12. The molecule has 0 bridgehead atoms. The summed E-state index contributed by atoms with van der Waals surface area (Å²) in [5, 5.41) is 10.5. The Hall–Kier alpha value is -1.27. The summed E-state index contributed by atoms with van der Waals surface area (Å²) in [5.41, 5.74) is 1.69. The zero-order valence-corrected chi connectivity index (χ0v) is 13.0. The third-order valence-corrected chi connectivity index (χ3v) is 3.99. The lowest BCUT2D eigenvalue weighted by Crippen LogP contribution is -2.01. The second-order valence-corrected chi connectivity index (χ2v) is 5.96. The van der Waals surface area contributed by atoms with Gasteiger partial charge in [0.25, 0.3) is 0 Å². The predicted octanol–water partition coefficient (Wildman–Crippen LogP) is 3.53. The molecule has 0 aliphatic carbocycles. The van der Waals surface area contributed by atoms with Gasteiger partial charge in [-0.25, -0.2) is 0 Å². The third kappa shape index (κ3) is 2.91. The number of aliphatic hydroxyl groups is 1. The van der Waals surface area contributed by atoms with Gasteiger partial charge in [0.1, 0.15) is 6.10 Å². The van der Waals surface area contributed by atoms with E-state index < -0.39 is 6.10 Å². The zero-order chi connectivity index (χ0) is 13.9. The summed E-state index contributed by atoms with van der Waals surface area (Å²) in [4.78, 5) is 0. The molecule has 2 aromatic rings. The Morgan fingerprint density at radius 2 is 1.55 bits per heavy atom. The second-order valence-electron chi connectivity index (χ2n) is 4.71. The standard InChI is InChI=1S/C16H15IO3/c17-13-5-2-11(3-6-13)16(18)12-4-7-14-15(10-12)20-9-1-8-19-14/h2-7,10,16,18H,1,8-9H2. The van der Waals surface area contributed by atoms with Crippen molar-refractivity contribution < 1.29 is 14.6 Å². The van der Waals surface area contributed by atoms with Crippen molar-refractivity contribution in [3.8, 4) is 11.5 Å². The predicted molar refractivity (Wildman–Crippen MR) is 85.3 cm³/mol. The Balaban J connectivity index is 1.90. The first-order valence-electron chi connectivity index (χ1n) is 6.57. The van der Waals surface area contributed by atoms with Crippen LogP contribution in [0.25, 0.3) is 0 Å². The molecule has 3 rings (SSSR count). The first-order valence-corrected chi connectivity index (χ1v) is 7.65. The highest BCUT2D eigenvalue weighted by Crippen LogP contribution is 2.34. The number of rotatable bonds is 2. The zero-order valence-electron chi connectivity index (χ0n) is 10.9. The lowest BCUT2D eigenvalue weighted by Gasteiger charge is -2.14. The van der Waals surface area contributed by atoms with Gasteiger partial charge >= 0.3 is 0 Å². The number of benzene rings is 2. The SMILES string of the molecule is OC(c1ccc(I)cc1)c1ccc2c(c1)OCCCO2. The average molecular weight is 382 g/mol. The molecule has 0 amide bonds. The van der Waals surface area contributed by atoms with Gasteiger partial charge in [-0.15, -0.1) is 0 Å². The van der Waals surface area contributed by atoms with Crippen LogP contribution in [-0.4, -0.2) is 18.3 Å². The molecule has 20 heavy (non-hydrogen) atoms. The fourth-order valence-electron chi connectivity index (χ4n) is 2.19. The molecule has 1 aliphatic rings. The summed E-state index contributed by atoms with van der Waals surface area (Å²) in [5.74, 6) is 1.46. The lowest BCUT2D eigenvalue weighted by molar-refractivity contribution is 0.219. The maximum Gasteiger partial charge on any atom is 0.161 e. The van der Waals surface area contributed by atoms with Gasteiger partial charge in [0.15, 0.2) is 11.5 Å².